The van der Waals surface area contributed by atoms with E-state index in [-0.39, 0.29) is 11.7 Å². The molecule has 0 aromatic rings. The molecule has 2 aliphatic heterocycles. The molecule has 2 unspecified atom stereocenters. The zero-order valence-electron chi connectivity index (χ0n) is 10.3. The second-order valence-corrected chi connectivity index (χ2v) is 5.30. The van der Waals surface area contributed by atoms with Crippen LogP contribution in [0.2, 0.25) is 0 Å². The molecule has 0 aromatic heterocycles. The Labute approximate surface area is 97.6 Å². The van der Waals surface area contributed by atoms with E-state index in [1.54, 1.807) is 0 Å². The summed E-state index contributed by atoms with van der Waals surface area (Å²) in [4.78, 5) is 0. The third-order valence-electron chi connectivity index (χ3n) is 3.04. The van der Waals surface area contributed by atoms with Crippen molar-refractivity contribution >= 4 is 0 Å². The highest BCUT2D eigenvalue weighted by molar-refractivity contribution is 4.81. The van der Waals surface area contributed by atoms with E-state index in [1.165, 1.54) is 6.42 Å². The molecule has 2 atom stereocenters. The molecule has 2 saturated heterocycles. The molecule has 2 fully saturated rings. The molecule has 4 nitrogen and oxygen atoms in total. The highest BCUT2D eigenvalue weighted by Crippen LogP contribution is 2.16. The number of morpholine rings is 1. The lowest BCUT2D eigenvalue weighted by Gasteiger charge is -2.36. The first-order chi connectivity index (χ1) is 7.66. The Morgan fingerprint density at radius 1 is 1.31 bits per heavy atom. The molecule has 1 N–H and O–H groups in total. The molecule has 0 aliphatic carbocycles. The molecule has 16 heavy (non-hydrogen) atoms. The number of nitrogens with one attached hydrogen (secondary N) is 1. The van der Waals surface area contributed by atoms with Crippen molar-refractivity contribution in [1.82, 2.24) is 5.32 Å². The summed E-state index contributed by atoms with van der Waals surface area (Å²) in [6.07, 6.45) is 2.78. The Morgan fingerprint density at radius 2 is 2.12 bits per heavy atom. The summed E-state index contributed by atoms with van der Waals surface area (Å²) in [7, 11) is 0. The lowest BCUT2D eigenvalue weighted by atomic mass is 10.1. The molecular weight excluding hydrogens is 206 g/mol. The van der Waals surface area contributed by atoms with Crippen LogP contribution in [0.5, 0.6) is 0 Å². The van der Waals surface area contributed by atoms with Crippen LogP contribution in [0, 0.1) is 0 Å². The Kier molecular flexibility index (Phi) is 4.19. The van der Waals surface area contributed by atoms with Crippen LogP contribution in [0.1, 0.15) is 26.7 Å². The molecule has 2 heterocycles. The number of hydrogen-bond acceptors (Lipinski definition) is 4. The van der Waals surface area contributed by atoms with E-state index >= 15 is 0 Å². The van der Waals surface area contributed by atoms with Crippen molar-refractivity contribution in [2.24, 2.45) is 0 Å². The second kappa shape index (κ2) is 5.45. The largest absolute Gasteiger partial charge is 0.376 e. The zero-order chi connectivity index (χ0) is 11.4. The van der Waals surface area contributed by atoms with E-state index in [9.17, 15) is 0 Å². The Balaban J connectivity index is 1.61. The third-order valence-corrected chi connectivity index (χ3v) is 3.04. The van der Waals surface area contributed by atoms with Crippen molar-refractivity contribution in [3.63, 3.8) is 0 Å². The summed E-state index contributed by atoms with van der Waals surface area (Å²) in [6.45, 7) is 8.27. The minimum atomic E-state index is -0.0733. The van der Waals surface area contributed by atoms with E-state index in [0.29, 0.717) is 19.3 Å². The van der Waals surface area contributed by atoms with E-state index < -0.39 is 0 Å². The molecule has 0 aromatic carbocycles. The fourth-order valence-electron chi connectivity index (χ4n) is 2.27. The van der Waals surface area contributed by atoms with E-state index in [0.717, 1.165) is 26.1 Å². The summed E-state index contributed by atoms with van der Waals surface area (Å²) in [6, 6.07) is 0. The Bertz CT molecular complexity index is 214. The van der Waals surface area contributed by atoms with Gasteiger partial charge < -0.3 is 19.5 Å². The van der Waals surface area contributed by atoms with Crippen molar-refractivity contribution in [2.45, 2.75) is 44.5 Å². The molecule has 2 rings (SSSR count). The van der Waals surface area contributed by atoms with Crippen LogP contribution in [0.4, 0.5) is 0 Å². The first-order valence-corrected chi connectivity index (χ1v) is 6.24. The van der Waals surface area contributed by atoms with Crippen LogP contribution in [0.3, 0.4) is 0 Å². The average Bonchev–Trinajstić information content (AvgIpc) is 2.69. The fourth-order valence-corrected chi connectivity index (χ4v) is 2.27. The van der Waals surface area contributed by atoms with Crippen molar-refractivity contribution in [1.29, 1.82) is 0 Å². The minimum Gasteiger partial charge on any atom is -0.376 e. The molecule has 94 valence electrons. The lowest BCUT2D eigenvalue weighted by molar-refractivity contribution is -0.125. The van der Waals surface area contributed by atoms with Gasteiger partial charge in [0.1, 0.15) is 0 Å². The molecule has 0 spiro atoms. The number of ether oxygens (including phenoxy) is 3. The van der Waals surface area contributed by atoms with E-state index in [2.05, 4.69) is 19.2 Å². The van der Waals surface area contributed by atoms with Crippen LogP contribution in [0.25, 0.3) is 0 Å². The van der Waals surface area contributed by atoms with Crippen molar-refractivity contribution < 1.29 is 14.2 Å². The van der Waals surface area contributed by atoms with E-state index in [1.807, 2.05) is 0 Å². The van der Waals surface area contributed by atoms with Crippen LogP contribution in [-0.4, -0.2) is 50.7 Å². The summed E-state index contributed by atoms with van der Waals surface area (Å²) in [5.41, 5.74) is -0.0733. The monoisotopic (exact) mass is 229 g/mol. The van der Waals surface area contributed by atoms with Gasteiger partial charge in [0.2, 0.25) is 0 Å². The third kappa shape index (κ3) is 3.70. The Hall–Kier alpha value is -0.160. The predicted octanol–water partition coefficient (Wildman–Crippen LogP) is 0.949. The van der Waals surface area contributed by atoms with Gasteiger partial charge in [-0.25, -0.2) is 0 Å². The van der Waals surface area contributed by atoms with Gasteiger partial charge in [0.05, 0.1) is 31.0 Å². The maximum atomic E-state index is 5.91. The summed E-state index contributed by atoms with van der Waals surface area (Å²) in [5.74, 6) is 0. The predicted molar refractivity (Wildman–Crippen MR) is 61.6 cm³/mol. The maximum absolute atomic E-state index is 5.91. The topological polar surface area (TPSA) is 39.7 Å². The number of hydrogen-bond donors (Lipinski definition) is 1. The van der Waals surface area contributed by atoms with Crippen LogP contribution >= 0.6 is 0 Å². The smallest absolute Gasteiger partial charge is 0.0940 e. The quantitative estimate of drug-likeness (QED) is 0.779. The average molecular weight is 229 g/mol. The molecule has 0 saturated carbocycles. The summed E-state index contributed by atoms with van der Waals surface area (Å²) >= 11 is 0. The molecule has 0 radical (unpaired) electrons. The standard InChI is InChI=1S/C12H23NO3/c1-12(2)9-13-6-11(16-12)8-14-7-10-4-3-5-15-10/h10-11,13H,3-9H2,1-2H3. The van der Waals surface area contributed by atoms with Gasteiger partial charge in [-0.1, -0.05) is 0 Å². The highest BCUT2D eigenvalue weighted by Gasteiger charge is 2.28. The van der Waals surface area contributed by atoms with Crippen LogP contribution in [-0.2, 0) is 14.2 Å². The van der Waals surface area contributed by atoms with Crippen LogP contribution < -0.4 is 5.32 Å². The molecule has 2 aliphatic rings. The zero-order valence-corrected chi connectivity index (χ0v) is 10.3. The van der Waals surface area contributed by atoms with Crippen molar-refractivity contribution in [2.75, 3.05) is 32.9 Å². The molecule has 0 amide bonds. The lowest BCUT2D eigenvalue weighted by Crippen LogP contribution is -2.52. The van der Waals surface area contributed by atoms with Gasteiger partial charge in [-0.05, 0) is 26.7 Å². The highest BCUT2D eigenvalue weighted by atomic mass is 16.6. The van der Waals surface area contributed by atoms with E-state index in [4.69, 9.17) is 14.2 Å². The number of rotatable bonds is 4. The molecule has 0 bridgehead atoms. The van der Waals surface area contributed by atoms with Gasteiger partial charge in [-0.3, -0.25) is 0 Å². The van der Waals surface area contributed by atoms with Gasteiger partial charge in [-0.15, -0.1) is 0 Å². The summed E-state index contributed by atoms with van der Waals surface area (Å²) < 4.78 is 17.1. The van der Waals surface area contributed by atoms with Gasteiger partial charge in [0.15, 0.2) is 0 Å². The normalized spacial score (nSPS) is 34.1. The second-order valence-electron chi connectivity index (χ2n) is 5.30. The van der Waals surface area contributed by atoms with Gasteiger partial charge in [0.25, 0.3) is 0 Å². The fraction of sp³-hybridized carbons (Fsp3) is 1.00. The van der Waals surface area contributed by atoms with Crippen LogP contribution in [0.15, 0.2) is 0 Å². The molecule has 4 heteroatoms. The van der Waals surface area contributed by atoms with Gasteiger partial charge in [0, 0.05) is 19.7 Å². The van der Waals surface area contributed by atoms with Crippen molar-refractivity contribution in [3.05, 3.63) is 0 Å². The first kappa shape index (κ1) is 12.3. The SMILES string of the molecule is CC1(C)CNCC(COCC2CCCO2)O1. The maximum Gasteiger partial charge on any atom is 0.0940 e. The minimum absolute atomic E-state index is 0.0733. The first-order valence-electron chi connectivity index (χ1n) is 6.24. The Morgan fingerprint density at radius 3 is 2.81 bits per heavy atom. The van der Waals surface area contributed by atoms with Gasteiger partial charge >= 0.3 is 0 Å². The molecular formula is C12H23NO3. The van der Waals surface area contributed by atoms with Gasteiger partial charge in [-0.2, -0.15) is 0 Å². The van der Waals surface area contributed by atoms with Crippen molar-refractivity contribution in [3.8, 4) is 0 Å². The summed E-state index contributed by atoms with van der Waals surface area (Å²) in [5, 5.41) is 3.37.